The molecule has 62 heavy (non-hydrogen) atoms. The topological polar surface area (TPSA) is 15.3 Å². The molecule has 10 aromatic carbocycles. The second-order valence-electron chi connectivity index (χ2n) is 16.5. The van der Waals surface area contributed by atoms with Gasteiger partial charge in [-0.25, -0.2) is 0 Å². The molecule has 2 heterocycles. The van der Waals surface area contributed by atoms with Gasteiger partial charge < -0.3 is 10.2 Å². The van der Waals surface area contributed by atoms with Crippen LogP contribution in [0.25, 0.3) is 44.2 Å². The fraction of sp³-hybridized carbons (Fsp3) is 0.0169. The van der Waals surface area contributed by atoms with Crippen LogP contribution in [0.1, 0.15) is 22.3 Å². The van der Waals surface area contributed by atoms with Gasteiger partial charge >= 0.3 is 0 Å². The van der Waals surface area contributed by atoms with E-state index in [0.717, 1.165) is 18.7 Å². The molecule has 290 valence electrons. The Bertz CT molecular complexity index is 3250. The van der Waals surface area contributed by atoms with Gasteiger partial charge in [0.05, 0.1) is 11.1 Å². The van der Waals surface area contributed by atoms with Crippen LogP contribution in [-0.2, 0) is 5.41 Å². The molecule has 0 bridgehead atoms. The Labute approximate surface area is 363 Å². The summed E-state index contributed by atoms with van der Waals surface area (Å²) in [5.74, 6) is 0. The lowest BCUT2D eigenvalue weighted by Crippen LogP contribution is -2.47. The van der Waals surface area contributed by atoms with E-state index in [-0.39, 0.29) is 0 Å². The van der Waals surface area contributed by atoms with Gasteiger partial charge in [-0.3, -0.25) is 0 Å². The van der Waals surface area contributed by atoms with Crippen LogP contribution in [0.5, 0.6) is 0 Å². The van der Waals surface area contributed by atoms with E-state index in [4.69, 9.17) is 0 Å². The van der Waals surface area contributed by atoms with Crippen LogP contribution in [0.3, 0.4) is 0 Å². The molecule has 1 N–H and O–H groups in total. The lowest BCUT2D eigenvalue weighted by molar-refractivity contribution is 0.732. The van der Waals surface area contributed by atoms with Crippen molar-refractivity contribution in [1.29, 1.82) is 0 Å². The van der Waals surface area contributed by atoms with Crippen molar-refractivity contribution >= 4 is 57.4 Å². The van der Waals surface area contributed by atoms with Crippen LogP contribution in [0.4, 0.5) is 28.4 Å². The van der Waals surface area contributed by atoms with Gasteiger partial charge in [-0.2, -0.15) is 0 Å². The molecule has 0 amide bonds. The summed E-state index contributed by atoms with van der Waals surface area (Å²) >= 11 is 0. The maximum absolute atomic E-state index is 3.95. The monoisotopic (exact) mass is 788 g/mol. The second-order valence-corrected chi connectivity index (χ2v) is 16.5. The van der Waals surface area contributed by atoms with E-state index in [1.54, 1.807) is 0 Å². The molecule has 2 aliphatic heterocycles. The van der Waals surface area contributed by atoms with Gasteiger partial charge in [-0.15, -0.1) is 0 Å². The van der Waals surface area contributed by atoms with Crippen molar-refractivity contribution in [2.24, 2.45) is 0 Å². The Morgan fingerprint density at radius 1 is 0.419 bits per heavy atom. The largest absolute Gasteiger partial charge is 0.355 e. The summed E-state index contributed by atoms with van der Waals surface area (Å²) in [5.41, 5.74) is 20.2. The van der Waals surface area contributed by atoms with Crippen molar-refractivity contribution in [3.8, 4) is 33.4 Å². The molecule has 0 radical (unpaired) electrons. The molecule has 10 aromatic rings. The van der Waals surface area contributed by atoms with Gasteiger partial charge in [0.1, 0.15) is 0 Å². The Kier molecular flexibility index (Phi) is 8.53. The summed E-state index contributed by atoms with van der Waals surface area (Å²) in [5, 5.41) is 6.40. The summed E-state index contributed by atoms with van der Waals surface area (Å²) in [7, 11) is 0.787. The molecule has 0 fully saturated rings. The number of benzene rings is 10. The zero-order valence-corrected chi connectivity index (χ0v) is 34.2. The Morgan fingerprint density at radius 2 is 1.00 bits per heavy atom. The molecule has 12 rings (SSSR count). The smallest absolute Gasteiger partial charge is 0.198 e. The number of hydrogen-bond acceptors (Lipinski definition) is 2. The predicted octanol–water partition coefficient (Wildman–Crippen LogP) is 13.5. The van der Waals surface area contributed by atoms with Crippen LogP contribution in [0, 0.1) is 0 Å². The zero-order valence-electron chi connectivity index (χ0n) is 34.2. The molecule has 2 aliphatic rings. The highest BCUT2D eigenvalue weighted by atomic mass is 15.2. The molecule has 0 aliphatic carbocycles. The van der Waals surface area contributed by atoms with Gasteiger partial charge in [0.2, 0.25) is 0 Å². The Balaban J connectivity index is 1.12. The van der Waals surface area contributed by atoms with E-state index in [1.165, 1.54) is 94.4 Å². The number of nitrogens with one attached hydrogen (secondary N) is 1. The lowest BCUT2D eigenvalue weighted by atomic mass is 9.54. The summed E-state index contributed by atoms with van der Waals surface area (Å²) < 4.78 is 0. The zero-order chi connectivity index (χ0) is 41.0. The molecule has 0 atom stereocenters. The van der Waals surface area contributed by atoms with Gasteiger partial charge in [0.25, 0.3) is 0 Å². The van der Waals surface area contributed by atoms with E-state index in [2.05, 4.69) is 247 Å². The summed E-state index contributed by atoms with van der Waals surface area (Å²) in [6.07, 6.45) is 0. The van der Waals surface area contributed by atoms with Crippen LogP contribution in [0.2, 0.25) is 0 Å². The third kappa shape index (κ3) is 5.66. The third-order valence-electron chi connectivity index (χ3n) is 13.1. The fourth-order valence-corrected chi connectivity index (χ4v) is 10.5. The molecule has 0 unspecified atom stereocenters. The molecule has 0 spiro atoms. The van der Waals surface area contributed by atoms with Gasteiger partial charge in [0, 0.05) is 28.3 Å². The molecule has 2 nitrogen and oxygen atoms in total. The minimum atomic E-state index is -0.520. The third-order valence-corrected chi connectivity index (χ3v) is 13.1. The first-order valence-corrected chi connectivity index (χ1v) is 21.6. The fourth-order valence-electron chi connectivity index (χ4n) is 10.5. The van der Waals surface area contributed by atoms with E-state index < -0.39 is 5.41 Å². The van der Waals surface area contributed by atoms with Crippen molar-refractivity contribution in [2.75, 3.05) is 10.2 Å². The van der Waals surface area contributed by atoms with Gasteiger partial charge in [-0.05, 0) is 103 Å². The molecule has 3 heteroatoms. The summed E-state index contributed by atoms with van der Waals surface area (Å²) in [6.45, 7) is 0. The second kappa shape index (κ2) is 14.7. The average Bonchev–Trinajstić information content (AvgIpc) is 3.35. The molecule has 0 aromatic heterocycles. The number of fused-ring (bicyclic) bond motifs is 5. The van der Waals surface area contributed by atoms with E-state index in [1.807, 2.05) is 0 Å². The number of anilines is 5. The highest BCUT2D eigenvalue weighted by molar-refractivity contribution is 6.74. The van der Waals surface area contributed by atoms with Crippen molar-refractivity contribution in [2.45, 2.75) is 5.41 Å². The minimum absolute atomic E-state index is 0.520. The van der Waals surface area contributed by atoms with Gasteiger partial charge in [0.15, 0.2) is 7.28 Å². The van der Waals surface area contributed by atoms with Crippen LogP contribution < -0.4 is 21.1 Å². The first-order chi connectivity index (χ1) is 30.8. The first kappa shape index (κ1) is 36.0. The Morgan fingerprint density at radius 3 is 1.73 bits per heavy atom. The maximum Gasteiger partial charge on any atom is 0.198 e. The van der Waals surface area contributed by atoms with E-state index in [0.29, 0.717) is 0 Å². The number of para-hydroxylation sites is 2. The number of rotatable bonds is 7. The van der Waals surface area contributed by atoms with Crippen LogP contribution in [0.15, 0.2) is 237 Å². The van der Waals surface area contributed by atoms with Crippen molar-refractivity contribution < 1.29 is 0 Å². The molecular formula is C59H41BN2. The van der Waals surface area contributed by atoms with Crippen molar-refractivity contribution in [3.05, 3.63) is 259 Å². The SMILES string of the molecule is B1c2cccc3c2N(c2ccccc2C3(c2ccccc2)c2ccccc2)c2cc3ccccc3c(-c3cc(-c4ccccc4)ccc3Nc3cccc(-c4ccccc4)c3)c21. The van der Waals surface area contributed by atoms with Crippen LogP contribution in [-0.4, -0.2) is 7.28 Å². The van der Waals surface area contributed by atoms with Crippen molar-refractivity contribution in [1.82, 2.24) is 0 Å². The highest BCUT2D eigenvalue weighted by Crippen LogP contribution is 2.58. The van der Waals surface area contributed by atoms with Crippen molar-refractivity contribution in [3.63, 3.8) is 0 Å². The normalized spacial score (nSPS) is 13.1. The average molecular weight is 789 g/mol. The quantitative estimate of drug-likeness (QED) is 0.162. The summed E-state index contributed by atoms with van der Waals surface area (Å²) in [6, 6.07) is 86.9. The minimum Gasteiger partial charge on any atom is -0.355 e. The number of nitrogens with zero attached hydrogens (tertiary/aromatic N) is 1. The molecular weight excluding hydrogens is 747 g/mol. The molecule has 0 saturated carbocycles. The number of hydrogen-bond donors (Lipinski definition) is 1. The van der Waals surface area contributed by atoms with Crippen LogP contribution >= 0.6 is 0 Å². The van der Waals surface area contributed by atoms with E-state index in [9.17, 15) is 0 Å². The first-order valence-electron chi connectivity index (χ1n) is 21.6. The molecule has 0 saturated heterocycles. The van der Waals surface area contributed by atoms with Gasteiger partial charge in [-0.1, -0.05) is 206 Å². The highest BCUT2D eigenvalue weighted by Gasteiger charge is 2.48. The van der Waals surface area contributed by atoms with E-state index >= 15 is 0 Å². The lowest BCUT2D eigenvalue weighted by Gasteiger charge is -2.49. The maximum atomic E-state index is 3.95. The summed E-state index contributed by atoms with van der Waals surface area (Å²) in [4.78, 5) is 2.59. The standard InChI is InChI=1S/C59H41BN2/c1-5-19-40(20-6-1)42-24-17-29-47(37-42)61-53-36-35-43(41-21-7-2-8-22-41)38-49(53)56-48-30-14-13-23-44(48)39-55-57(56)60-52-33-18-32-51-58(52)62(55)54-34-16-15-31-50(54)59(51,45-25-9-3-10-26-45)46-27-11-4-12-28-46/h1-39,60-61H. The predicted molar refractivity (Wildman–Crippen MR) is 263 cm³/mol. The Hall–Kier alpha value is -7.88.